The molecule has 4 heteroatoms. The van der Waals surface area contributed by atoms with E-state index in [1.165, 1.54) is 18.9 Å². The first kappa shape index (κ1) is 15.1. The fraction of sp³-hybridized carbons (Fsp3) is 0.500. The molecule has 0 radical (unpaired) electrons. The Kier molecular flexibility index (Phi) is 3.96. The Labute approximate surface area is 130 Å². The number of piperidine rings is 1. The fourth-order valence-electron chi connectivity index (χ4n) is 3.51. The first-order valence-electron chi connectivity index (χ1n) is 7.94. The lowest BCUT2D eigenvalue weighted by molar-refractivity contribution is 0.175. The minimum atomic E-state index is -0.374. The molecule has 0 amide bonds. The number of phenolic OH excluding ortho intramolecular Hbond substituents is 1. The van der Waals surface area contributed by atoms with Crippen molar-refractivity contribution in [3.05, 3.63) is 39.2 Å². The molecule has 22 heavy (non-hydrogen) atoms. The highest BCUT2D eigenvalue weighted by atomic mass is 16.4. The van der Waals surface area contributed by atoms with Crippen molar-refractivity contribution in [2.24, 2.45) is 5.92 Å². The molecule has 1 atom stereocenters. The van der Waals surface area contributed by atoms with Gasteiger partial charge in [0.1, 0.15) is 11.3 Å². The topological polar surface area (TPSA) is 53.7 Å². The van der Waals surface area contributed by atoms with Gasteiger partial charge in [0.2, 0.25) is 0 Å². The lowest BCUT2D eigenvalue weighted by atomic mass is 9.97. The first-order chi connectivity index (χ1) is 10.5. The van der Waals surface area contributed by atoms with Gasteiger partial charge in [-0.1, -0.05) is 6.92 Å². The van der Waals surface area contributed by atoms with Crippen molar-refractivity contribution in [3.63, 3.8) is 0 Å². The Morgan fingerprint density at radius 2 is 2.09 bits per heavy atom. The van der Waals surface area contributed by atoms with Gasteiger partial charge in [0.05, 0.1) is 5.39 Å². The van der Waals surface area contributed by atoms with E-state index in [1.807, 2.05) is 19.9 Å². The van der Waals surface area contributed by atoms with Crippen molar-refractivity contribution in [1.29, 1.82) is 0 Å². The highest BCUT2D eigenvalue weighted by molar-refractivity contribution is 5.88. The fourth-order valence-corrected chi connectivity index (χ4v) is 3.51. The molecule has 0 saturated carbocycles. The Morgan fingerprint density at radius 1 is 1.32 bits per heavy atom. The summed E-state index contributed by atoms with van der Waals surface area (Å²) in [7, 11) is 0. The molecular weight excluding hydrogens is 278 g/mol. The molecule has 1 fully saturated rings. The molecule has 118 valence electrons. The zero-order valence-corrected chi connectivity index (χ0v) is 13.5. The monoisotopic (exact) mass is 301 g/mol. The van der Waals surface area contributed by atoms with E-state index in [0.29, 0.717) is 16.9 Å². The minimum absolute atomic E-state index is 0.259. The summed E-state index contributed by atoms with van der Waals surface area (Å²) in [5.41, 5.74) is 2.77. The normalized spacial score (nSPS) is 19.7. The predicted molar refractivity (Wildman–Crippen MR) is 87.3 cm³/mol. The molecule has 1 saturated heterocycles. The maximum absolute atomic E-state index is 11.5. The van der Waals surface area contributed by atoms with Gasteiger partial charge in [0, 0.05) is 24.7 Å². The van der Waals surface area contributed by atoms with Crippen molar-refractivity contribution in [1.82, 2.24) is 4.90 Å². The van der Waals surface area contributed by atoms with Crippen LogP contribution in [0.2, 0.25) is 0 Å². The maximum atomic E-state index is 11.5. The number of aromatic hydroxyl groups is 1. The van der Waals surface area contributed by atoms with Crippen LogP contribution in [-0.2, 0) is 6.54 Å². The van der Waals surface area contributed by atoms with Gasteiger partial charge in [-0.25, -0.2) is 4.79 Å². The standard InChI is InChI=1S/C18H23NO3/c1-11-5-4-6-19(9-11)10-14-12(2)7-15-17(18(14)21)13(3)8-16(20)22-15/h7-8,11,21H,4-6,9-10H2,1-3H3/t11-/m0/s1. The molecule has 2 heterocycles. The van der Waals surface area contributed by atoms with Crippen LogP contribution in [0.15, 0.2) is 21.3 Å². The van der Waals surface area contributed by atoms with Crippen molar-refractivity contribution in [3.8, 4) is 5.75 Å². The zero-order valence-electron chi connectivity index (χ0n) is 13.5. The van der Waals surface area contributed by atoms with Crippen molar-refractivity contribution < 1.29 is 9.52 Å². The van der Waals surface area contributed by atoms with Gasteiger partial charge in [-0.2, -0.15) is 0 Å². The van der Waals surface area contributed by atoms with Gasteiger partial charge < -0.3 is 9.52 Å². The Hall–Kier alpha value is -1.81. The summed E-state index contributed by atoms with van der Waals surface area (Å²) in [6.07, 6.45) is 2.49. The lowest BCUT2D eigenvalue weighted by Crippen LogP contribution is -2.33. The summed E-state index contributed by atoms with van der Waals surface area (Å²) >= 11 is 0. The Morgan fingerprint density at radius 3 is 2.82 bits per heavy atom. The number of fused-ring (bicyclic) bond motifs is 1. The van der Waals surface area contributed by atoms with E-state index in [2.05, 4.69) is 11.8 Å². The molecule has 0 aliphatic carbocycles. The molecule has 1 aromatic heterocycles. The lowest BCUT2D eigenvalue weighted by Gasteiger charge is -2.31. The molecule has 4 nitrogen and oxygen atoms in total. The van der Waals surface area contributed by atoms with Crippen molar-refractivity contribution in [2.45, 2.75) is 40.2 Å². The van der Waals surface area contributed by atoms with E-state index in [9.17, 15) is 9.90 Å². The van der Waals surface area contributed by atoms with Crippen LogP contribution in [0.1, 0.15) is 36.5 Å². The van der Waals surface area contributed by atoms with E-state index in [4.69, 9.17) is 4.42 Å². The molecule has 1 N–H and O–H groups in total. The van der Waals surface area contributed by atoms with Crippen LogP contribution in [0.4, 0.5) is 0 Å². The largest absolute Gasteiger partial charge is 0.507 e. The van der Waals surface area contributed by atoms with E-state index < -0.39 is 0 Å². The molecule has 1 aromatic carbocycles. The van der Waals surface area contributed by atoms with E-state index in [0.717, 1.165) is 36.3 Å². The van der Waals surface area contributed by atoms with Gasteiger partial charge >= 0.3 is 5.63 Å². The van der Waals surface area contributed by atoms with Gasteiger partial charge in [0.15, 0.2) is 0 Å². The van der Waals surface area contributed by atoms with Crippen LogP contribution in [0.25, 0.3) is 11.0 Å². The molecule has 1 aliphatic rings. The van der Waals surface area contributed by atoms with E-state index in [-0.39, 0.29) is 11.4 Å². The van der Waals surface area contributed by atoms with Crippen LogP contribution in [0, 0.1) is 19.8 Å². The number of hydrogen-bond acceptors (Lipinski definition) is 4. The number of benzene rings is 1. The predicted octanol–water partition coefficient (Wildman–Crippen LogP) is 3.35. The van der Waals surface area contributed by atoms with E-state index in [1.54, 1.807) is 0 Å². The van der Waals surface area contributed by atoms with Crippen LogP contribution in [0.3, 0.4) is 0 Å². The number of hydrogen-bond donors (Lipinski definition) is 1. The second-order valence-electron chi connectivity index (χ2n) is 6.62. The average Bonchev–Trinajstić information content (AvgIpc) is 2.42. The van der Waals surface area contributed by atoms with Crippen LogP contribution < -0.4 is 5.63 Å². The minimum Gasteiger partial charge on any atom is -0.507 e. The summed E-state index contributed by atoms with van der Waals surface area (Å²) < 4.78 is 5.24. The maximum Gasteiger partial charge on any atom is 0.336 e. The SMILES string of the molecule is Cc1cc2oc(=O)cc(C)c2c(O)c1CN1CCC[C@H](C)C1. The highest BCUT2D eigenvalue weighted by Gasteiger charge is 2.20. The molecule has 3 rings (SSSR count). The van der Waals surface area contributed by atoms with Crippen LogP contribution in [0.5, 0.6) is 5.75 Å². The molecular formula is C18H23NO3. The number of aryl methyl sites for hydroxylation is 2. The molecule has 0 spiro atoms. The third-order valence-electron chi connectivity index (χ3n) is 4.65. The molecule has 1 aliphatic heterocycles. The summed E-state index contributed by atoms with van der Waals surface area (Å²) in [5, 5.41) is 11.4. The first-order valence-corrected chi connectivity index (χ1v) is 7.94. The smallest absolute Gasteiger partial charge is 0.336 e. The van der Waals surface area contributed by atoms with Gasteiger partial charge in [-0.05, 0) is 56.3 Å². The Balaban J connectivity index is 2.04. The third kappa shape index (κ3) is 2.75. The second-order valence-corrected chi connectivity index (χ2v) is 6.62. The number of phenols is 1. The molecule has 0 unspecified atom stereocenters. The average molecular weight is 301 g/mol. The summed E-state index contributed by atoms with van der Waals surface area (Å²) in [5.74, 6) is 0.964. The van der Waals surface area contributed by atoms with Crippen molar-refractivity contribution in [2.75, 3.05) is 13.1 Å². The second kappa shape index (κ2) is 5.76. The third-order valence-corrected chi connectivity index (χ3v) is 4.65. The quantitative estimate of drug-likeness (QED) is 0.864. The highest BCUT2D eigenvalue weighted by Crippen LogP contribution is 2.34. The summed E-state index contributed by atoms with van der Waals surface area (Å²) in [4.78, 5) is 13.9. The summed E-state index contributed by atoms with van der Waals surface area (Å²) in [6.45, 7) is 8.96. The van der Waals surface area contributed by atoms with Gasteiger partial charge in [-0.3, -0.25) is 4.90 Å². The van der Waals surface area contributed by atoms with E-state index >= 15 is 0 Å². The van der Waals surface area contributed by atoms with Gasteiger partial charge in [-0.15, -0.1) is 0 Å². The van der Waals surface area contributed by atoms with Crippen LogP contribution >= 0.6 is 0 Å². The molecule has 0 bridgehead atoms. The Bertz CT molecular complexity index is 763. The molecule has 2 aromatic rings. The number of likely N-dealkylation sites (tertiary alicyclic amines) is 1. The van der Waals surface area contributed by atoms with Crippen LogP contribution in [-0.4, -0.2) is 23.1 Å². The number of nitrogens with zero attached hydrogens (tertiary/aromatic N) is 1. The zero-order chi connectivity index (χ0) is 15.9. The summed E-state index contributed by atoms with van der Waals surface area (Å²) in [6, 6.07) is 3.30. The number of rotatable bonds is 2. The van der Waals surface area contributed by atoms with Crippen molar-refractivity contribution >= 4 is 11.0 Å². The van der Waals surface area contributed by atoms with Gasteiger partial charge in [0.25, 0.3) is 0 Å².